The van der Waals surface area contributed by atoms with E-state index in [4.69, 9.17) is 4.74 Å². The third-order valence-electron chi connectivity index (χ3n) is 3.62. The highest BCUT2D eigenvalue weighted by molar-refractivity contribution is 5.69. The number of rotatable bonds is 3. The second kappa shape index (κ2) is 3.51. The molecule has 1 N–H and O–H groups in total. The highest BCUT2D eigenvalue weighted by Gasteiger charge is 2.57. The zero-order chi connectivity index (χ0) is 11.0. The van der Waals surface area contributed by atoms with Gasteiger partial charge >= 0.3 is 6.09 Å². The fourth-order valence-corrected chi connectivity index (χ4v) is 2.61. The minimum absolute atomic E-state index is 0.110. The smallest absolute Gasteiger partial charge is 0.407 e. The Morgan fingerprint density at radius 3 is 2.56 bits per heavy atom. The van der Waals surface area contributed by atoms with Crippen LogP contribution in [0.2, 0.25) is 0 Å². The molecule has 0 atom stereocenters. The van der Waals surface area contributed by atoms with Crippen LogP contribution >= 0.6 is 0 Å². The third-order valence-corrected chi connectivity index (χ3v) is 3.62. The van der Waals surface area contributed by atoms with Crippen LogP contribution in [0.15, 0.2) is 30.3 Å². The van der Waals surface area contributed by atoms with E-state index in [0.717, 1.165) is 30.7 Å². The second-order valence-electron chi connectivity index (χ2n) is 4.95. The molecule has 3 heteroatoms. The lowest BCUT2D eigenvalue weighted by Gasteiger charge is -2.61. The Labute approximate surface area is 94.8 Å². The van der Waals surface area contributed by atoms with Crippen LogP contribution in [-0.4, -0.2) is 11.6 Å². The largest absolute Gasteiger partial charge is 0.445 e. The molecule has 3 saturated carbocycles. The molecule has 16 heavy (non-hydrogen) atoms. The Balaban J connectivity index is 1.46. The molecule has 0 radical (unpaired) electrons. The van der Waals surface area contributed by atoms with Crippen LogP contribution in [0.1, 0.15) is 24.8 Å². The van der Waals surface area contributed by atoms with Crippen LogP contribution in [0.4, 0.5) is 4.79 Å². The lowest BCUT2D eigenvalue weighted by atomic mass is 9.50. The molecule has 3 nitrogen and oxygen atoms in total. The number of ether oxygens (including phenoxy) is 1. The predicted octanol–water partition coefficient (Wildman–Crippen LogP) is 2.47. The summed E-state index contributed by atoms with van der Waals surface area (Å²) in [4.78, 5) is 11.5. The van der Waals surface area contributed by atoms with Crippen molar-refractivity contribution in [3.63, 3.8) is 0 Å². The molecule has 0 heterocycles. The summed E-state index contributed by atoms with van der Waals surface area (Å²) >= 11 is 0. The van der Waals surface area contributed by atoms with Gasteiger partial charge in [-0.2, -0.15) is 0 Å². The fraction of sp³-hybridized carbons (Fsp3) is 0.462. The molecule has 4 rings (SSSR count). The summed E-state index contributed by atoms with van der Waals surface area (Å²) in [7, 11) is 0. The average Bonchev–Trinajstić information content (AvgIpc) is 2.20. The Kier molecular flexibility index (Phi) is 2.13. The maximum atomic E-state index is 11.5. The van der Waals surface area contributed by atoms with Crippen molar-refractivity contribution < 1.29 is 9.53 Å². The van der Waals surface area contributed by atoms with E-state index in [1.165, 1.54) is 0 Å². The summed E-state index contributed by atoms with van der Waals surface area (Å²) in [6.45, 7) is 0.353. The summed E-state index contributed by atoms with van der Waals surface area (Å²) in [5.74, 6) is 0.870. The van der Waals surface area contributed by atoms with Crippen molar-refractivity contribution in [3.8, 4) is 0 Å². The fourth-order valence-electron chi connectivity index (χ4n) is 2.61. The maximum absolute atomic E-state index is 11.5. The first-order chi connectivity index (χ1) is 7.76. The van der Waals surface area contributed by atoms with Crippen molar-refractivity contribution in [1.82, 2.24) is 5.32 Å². The maximum Gasteiger partial charge on any atom is 0.407 e. The summed E-state index contributed by atoms with van der Waals surface area (Å²) in [5, 5.41) is 2.97. The van der Waals surface area contributed by atoms with Crippen LogP contribution < -0.4 is 5.32 Å². The Morgan fingerprint density at radius 2 is 2.00 bits per heavy atom. The quantitative estimate of drug-likeness (QED) is 0.844. The highest BCUT2D eigenvalue weighted by atomic mass is 16.5. The van der Waals surface area contributed by atoms with E-state index < -0.39 is 0 Å². The number of hydrogen-bond donors (Lipinski definition) is 1. The van der Waals surface area contributed by atoms with Gasteiger partial charge in [-0.05, 0) is 30.7 Å². The Bertz CT molecular complexity index is 385. The lowest BCUT2D eigenvalue weighted by molar-refractivity contribution is -0.0482. The van der Waals surface area contributed by atoms with Gasteiger partial charge in [0, 0.05) is 5.54 Å². The monoisotopic (exact) mass is 217 g/mol. The van der Waals surface area contributed by atoms with Crippen molar-refractivity contribution in [1.29, 1.82) is 0 Å². The first-order valence-electron chi connectivity index (χ1n) is 5.75. The number of carbonyl (C=O) groups is 1. The molecule has 3 aliphatic rings. The van der Waals surface area contributed by atoms with Crippen LogP contribution in [0, 0.1) is 5.92 Å². The minimum atomic E-state index is -0.276. The molecule has 3 fully saturated rings. The SMILES string of the molecule is O=C(NC12CC(C1)C2)OCc1ccccc1. The van der Waals surface area contributed by atoms with E-state index in [1.54, 1.807) is 0 Å². The molecular formula is C13H15NO2. The van der Waals surface area contributed by atoms with E-state index in [-0.39, 0.29) is 11.6 Å². The average molecular weight is 217 g/mol. The number of carbonyl (C=O) groups excluding carboxylic acids is 1. The zero-order valence-electron chi connectivity index (χ0n) is 9.11. The van der Waals surface area contributed by atoms with Gasteiger partial charge in [-0.3, -0.25) is 0 Å². The van der Waals surface area contributed by atoms with Gasteiger partial charge in [0.2, 0.25) is 0 Å². The molecule has 0 spiro atoms. The minimum Gasteiger partial charge on any atom is -0.445 e. The van der Waals surface area contributed by atoms with E-state index >= 15 is 0 Å². The van der Waals surface area contributed by atoms with Crippen molar-refractivity contribution in [3.05, 3.63) is 35.9 Å². The number of alkyl carbamates (subject to hydrolysis) is 1. The number of hydrogen-bond acceptors (Lipinski definition) is 2. The second-order valence-corrected chi connectivity index (χ2v) is 4.95. The molecule has 2 bridgehead atoms. The van der Waals surface area contributed by atoms with Crippen molar-refractivity contribution in [2.75, 3.05) is 0 Å². The lowest BCUT2D eigenvalue weighted by Crippen LogP contribution is -2.68. The van der Waals surface area contributed by atoms with Crippen LogP contribution in [0.3, 0.4) is 0 Å². The van der Waals surface area contributed by atoms with Gasteiger partial charge in [-0.15, -0.1) is 0 Å². The van der Waals surface area contributed by atoms with E-state index in [0.29, 0.717) is 6.61 Å². The molecule has 1 aromatic rings. The molecule has 1 amide bonds. The van der Waals surface area contributed by atoms with E-state index in [1.807, 2.05) is 30.3 Å². The van der Waals surface area contributed by atoms with Gasteiger partial charge in [0.15, 0.2) is 0 Å². The molecule has 0 aromatic heterocycles. The van der Waals surface area contributed by atoms with Crippen molar-refractivity contribution in [2.45, 2.75) is 31.4 Å². The molecule has 0 aliphatic heterocycles. The van der Waals surface area contributed by atoms with Gasteiger partial charge in [0.1, 0.15) is 6.61 Å². The van der Waals surface area contributed by atoms with Crippen molar-refractivity contribution >= 4 is 6.09 Å². The zero-order valence-corrected chi connectivity index (χ0v) is 9.11. The summed E-state index contributed by atoms with van der Waals surface area (Å²) in [6, 6.07) is 9.74. The Hall–Kier alpha value is -1.51. The van der Waals surface area contributed by atoms with Gasteiger partial charge in [-0.25, -0.2) is 4.79 Å². The first-order valence-corrected chi connectivity index (χ1v) is 5.75. The summed E-state index contributed by atoms with van der Waals surface area (Å²) in [6.07, 6.45) is 3.16. The van der Waals surface area contributed by atoms with Gasteiger partial charge in [0.05, 0.1) is 0 Å². The van der Waals surface area contributed by atoms with Gasteiger partial charge < -0.3 is 10.1 Å². The van der Waals surface area contributed by atoms with Crippen LogP contribution in [0.5, 0.6) is 0 Å². The topological polar surface area (TPSA) is 38.3 Å². The number of benzene rings is 1. The first kappa shape index (κ1) is 9.70. The molecule has 3 aliphatic carbocycles. The molecule has 84 valence electrons. The molecular weight excluding hydrogens is 202 g/mol. The van der Waals surface area contributed by atoms with Crippen molar-refractivity contribution in [2.24, 2.45) is 5.92 Å². The number of nitrogens with one attached hydrogen (secondary N) is 1. The Morgan fingerprint density at radius 1 is 1.31 bits per heavy atom. The summed E-state index contributed by atoms with van der Waals surface area (Å²) < 4.78 is 5.17. The van der Waals surface area contributed by atoms with Crippen LogP contribution in [0.25, 0.3) is 0 Å². The standard InChI is InChI=1S/C13H15NO2/c15-12(14-13-6-11(7-13)8-13)16-9-10-4-2-1-3-5-10/h1-5,11H,6-9H2,(H,14,15). The molecule has 1 aromatic carbocycles. The van der Waals surface area contributed by atoms with Crippen LogP contribution in [-0.2, 0) is 11.3 Å². The molecule has 0 unspecified atom stereocenters. The van der Waals surface area contributed by atoms with E-state index in [9.17, 15) is 4.79 Å². The van der Waals surface area contributed by atoms with Gasteiger partial charge in [0.25, 0.3) is 0 Å². The predicted molar refractivity (Wildman–Crippen MR) is 59.8 cm³/mol. The number of amides is 1. The summed E-state index contributed by atoms with van der Waals surface area (Å²) in [5.41, 5.74) is 1.13. The van der Waals surface area contributed by atoms with E-state index in [2.05, 4.69) is 5.32 Å². The normalized spacial score (nSPS) is 29.9. The molecule has 0 saturated heterocycles. The third kappa shape index (κ3) is 1.66. The highest BCUT2D eigenvalue weighted by Crippen LogP contribution is 2.56. The van der Waals surface area contributed by atoms with Gasteiger partial charge in [-0.1, -0.05) is 30.3 Å².